The van der Waals surface area contributed by atoms with Gasteiger partial charge in [0.05, 0.1) is 11.4 Å². The van der Waals surface area contributed by atoms with Crippen LogP contribution in [0.5, 0.6) is 0 Å². The fourth-order valence-electron chi connectivity index (χ4n) is 4.65. The summed E-state index contributed by atoms with van der Waals surface area (Å²) in [5.74, 6) is 2.81. The van der Waals surface area contributed by atoms with Crippen molar-refractivity contribution in [2.45, 2.75) is 77.8 Å². The highest BCUT2D eigenvalue weighted by atomic mass is 15.5. The lowest BCUT2D eigenvalue weighted by Gasteiger charge is -2.25. The zero-order valence-corrected chi connectivity index (χ0v) is 15.3. The first kappa shape index (κ1) is 16.1. The van der Waals surface area contributed by atoms with Crippen LogP contribution in [0.1, 0.15) is 51.9 Å². The Balaban J connectivity index is 1.80. The summed E-state index contributed by atoms with van der Waals surface area (Å²) >= 11 is 0. The first-order valence-electron chi connectivity index (χ1n) is 9.25. The van der Waals surface area contributed by atoms with E-state index in [2.05, 4.69) is 56.3 Å². The van der Waals surface area contributed by atoms with Crippen LogP contribution in [0.4, 0.5) is 0 Å². The van der Waals surface area contributed by atoms with Gasteiger partial charge in [0.2, 0.25) is 0 Å². The average Bonchev–Trinajstić information content (AvgIpc) is 3.01. The van der Waals surface area contributed by atoms with Crippen LogP contribution >= 0.6 is 0 Å². The van der Waals surface area contributed by atoms with E-state index in [0.29, 0.717) is 5.31 Å². The first-order chi connectivity index (χ1) is 10.3. The van der Waals surface area contributed by atoms with E-state index >= 15 is 0 Å². The molecule has 3 atom stereocenters. The van der Waals surface area contributed by atoms with Gasteiger partial charge in [0.15, 0.2) is 7.28 Å². The van der Waals surface area contributed by atoms with Crippen molar-refractivity contribution in [1.29, 1.82) is 0 Å². The van der Waals surface area contributed by atoms with Crippen molar-refractivity contribution in [2.75, 3.05) is 0 Å². The number of aryl methyl sites for hydroxylation is 1. The maximum Gasteiger partial charge on any atom is 0.152 e. The van der Waals surface area contributed by atoms with Crippen LogP contribution in [0.2, 0.25) is 19.0 Å². The molecule has 1 heterocycles. The summed E-state index contributed by atoms with van der Waals surface area (Å²) in [4.78, 5) is 0. The van der Waals surface area contributed by atoms with Crippen LogP contribution in [0.3, 0.4) is 0 Å². The van der Waals surface area contributed by atoms with Gasteiger partial charge < -0.3 is 0 Å². The number of aromatic nitrogens is 3. The molecule has 2 aliphatic carbocycles. The summed E-state index contributed by atoms with van der Waals surface area (Å²) in [6.45, 7) is 14.1. The van der Waals surface area contributed by atoms with Gasteiger partial charge in [-0.2, -0.15) is 0 Å². The van der Waals surface area contributed by atoms with E-state index in [4.69, 9.17) is 0 Å². The van der Waals surface area contributed by atoms with Crippen molar-refractivity contribution in [3.63, 3.8) is 0 Å². The molecular weight excluding hydrogens is 268 g/mol. The molecule has 1 unspecified atom stereocenters. The van der Waals surface area contributed by atoms with Crippen molar-refractivity contribution < 1.29 is 0 Å². The van der Waals surface area contributed by atoms with Crippen LogP contribution < -0.4 is 0 Å². The lowest BCUT2D eigenvalue weighted by molar-refractivity contribution is 0.421. The third-order valence-corrected chi connectivity index (χ3v) is 6.86. The number of hydrogen-bond donors (Lipinski definition) is 0. The van der Waals surface area contributed by atoms with Gasteiger partial charge in [-0.05, 0) is 57.3 Å². The SMILES string of the molecule is CBC(C)(C)C1[C@H]2CCc3nnn(C(C)(C)BC)c3CC[C@@H]12. The minimum absolute atomic E-state index is 0.0881. The van der Waals surface area contributed by atoms with Gasteiger partial charge in [0, 0.05) is 5.44 Å². The Morgan fingerprint density at radius 3 is 2.23 bits per heavy atom. The molecule has 1 saturated carbocycles. The van der Waals surface area contributed by atoms with Crippen LogP contribution in [0, 0.1) is 17.8 Å². The second-order valence-electron chi connectivity index (χ2n) is 8.83. The molecule has 0 spiro atoms. The van der Waals surface area contributed by atoms with Gasteiger partial charge in [-0.1, -0.05) is 38.0 Å². The number of nitrogens with zero attached hydrogens (tertiary/aromatic N) is 3. The van der Waals surface area contributed by atoms with Gasteiger partial charge in [0.25, 0.3) is 0 Å². The predicted molar refractivity (Wildman–Crippen MR) is 96.5 cm³/mol. The average molecular weight is 299 g/mol. The molecule has 3 rings (SSSR count). The van der Waals surface area contributed by atoms with E-state index in [1.54, 1.807) is 0 Å². The van der Waals surface area contributed by atoms with Gasteiger partial charge in [-0.15, -0.1) is 5.10 Å². The van der Waals surface area contributed by atoms with Crippen molar-refractivity contribution in [3.8, 4) is 0 Å². The van der Waals surface area contributed by atoms with Crippen LogP contribution in [-0.2, 0) is 18.3 Å². The fourth-order valence-corrected chi connectivity index (χ4v) is 4.65. The zero-order valence-electron chi connectivity index (χ0n) is 15.3. The van der Waals surface area contributed by atoms with Crippen molar-refractivity contribution >= 4 is 14.6 Å². The molecular formula is C17H31B2N3. The normalized spacial score (nSPS) is 28.2. The second kappa shape index (κ2) is 5.42. The topological polar surface area (TPSA) is 30.7 Å². The highest BCUT2D eigenvalue weighted by molar-refractivity contribution is 6.38. The van der Waals surface area contributed by atoms with Crippen LogP contribution in [-0.4, -0.2) is 29.6 Å². The largest absolute Gasteiger partial charge is 0.252 e. The molecule has 0 N–H and O–H groups in total. The minimum Gasteiger partial charge on any atom is -0.252 e. The van der Waals surface area contributed by atoms with Gasteiger partial charge >= 0.3 is 0 Å². The molecule has 0 aromatic carbocycles. The van der Waals surface area contributed by atoms with Crippen molar-refractivity contribution in [1.82, 2.24) is 15.0 Å². The van der Waals surface area contributed by atoms with E-state index < -0.39 is 0 Å². The van der Waals surface area contributed by atoms with Gasteiger partial charge in [0.1, 0.15) is 7.28 Å². The molecule has 1 aromatic rings. The highest BCUT2D eigenvalue weighted by Crippen LogP contribution is 2.63. The van der Waals surface area contributed by atoms with E-state index in [-0.39, 0.29) is 5.44 Å². The quantitative estimate of drug-likeness (QED) is 0.800. The Kier molecular flexibility index (Phi) is 3.98. The summed E-state index contributed by atoms with van der Waals surface area (Å²) in [6.07, 6.45) is 4.95. The second-order valence-corrected chi connectivity index (χ2v) is 8.83. The van der Waals surface area contributed by atoms with Crippen LogP contribution in [0.15, 0.2) is 0 Å². The zero-order chi connectivity index (χ0) is 16.1. The maximum atomic E-state index is 4.55. The summed E-state index contributed by atoms with van der Waals surface area (Å²) in [6, 6.07) is 0. The lowest BCUT2D eigenvalue weighted by Crippen LogP contribution is -2.34. The molecule has 5 heteroatoms. The van der Waals surface area contributed by atoms with Gasteiger partial charge in [-0.25, -0.2) is 0 Å². The summed E-state index contributed by atoms with van der Waals surface area (Å²) < 4.78 is 2.23. The summed E-state index contributed by atoms with van der Waals surface area (Å²) in [5, 5.41) is 9.57. The summed E-state index contributed by atoms with van der Waals surface area (Å²) in [5.41, 5.74) is 2.79. The van der Waals surface area contributed by atoms with Crippen molar-refractivity contribution in [3.05, 3.63) is 11.4 Å². The fraction of sp³-hybridized carbons (Fsp3) is 0.882. The number of rotatable bonds is 4. The molecule has 0 amide bonds. The molecule has 1 aromatic heterocycles. The third-order valence-electron chi connectivity index (χ3n) is 6.86. The predicted octanol–water partition coefficient (Wildman–Crippen LogP) is 2.88. The molecule has 0 aliphatic heterocycles. The Bertz CT molecular complexity index is 550. The molecule has 22 heavy (non-hydrogen) atoms. The van der Waals surface area contributed by atoms with E-state index in [9.17, 15) is 0 Å². The monoisotopic (exact) mass is 299 g/mol. The van der Waals surface area contributed by atoms with E-state index in [1.165, 1.54) is 37.9 Å². The highest BCUT2D eigenvalue weighted by Gasteiger charge is 2.55. The Morgan fingerprint density at radius 1 is 1.00 bits per heavy atom. The molecule has 0 saturated heterocycles. The number of hydrogen-bond acceptors (Lipinski definition) is 2. The van der Waals surface area contributed by atoms with Crippen molar-refractivity contribution in [2.24, 2.45) is 17.8 Å². The molecule has 0 bridgehead atoms. The Hall–Kier alpha value is -0.730. The van der Waals surface area contributed by atoms with E-state index in [0.717, 1.165) is 31.5 Å². The third kappa shape index (κ3) is 2.55. The Morgan fingerprint density at radius 2 is 1.64 bits per heavy atom. The molecule has 0 radical (unpaired) electrons. The number of fused-ring (bicyclic) bond motifs is 2. The molecule has 2 aliphatic rings. The van der Waals surface area contributed by atoms with Gasteiger partial charge in [-0.3, -0.25) is 4.68 Å². The Labute approximate surface area is 137 Å². The summed E-state index contributed by atoms with van der Waals surface area (Å²) in [7, 11) is 2.40. The maximum absolute atomic E-state index is 4.55. The van der Waals surface area contributed by atoms with Crippen LogP contribution in [0.25, 0.3) is 0 Å². The smallest absolute Gasteiger partial charge is 0.152 e. The first-order valence-corrected chi connectivity index (χ1v) is 9.25. The molecule has 1 fully saturated rings. The van der Waals surface area contributed by atoms with E-state index in [1.807, 2.05) is 0 Å². The standard InChI is InChI=1S/C17H31B2N3/c1-16(2,18-5)15-11-7-9-13-14(10-8-12(11)15)22(21-20-13)17(3,4)19-6/h11-12,15,18-19H,7-10H2,1-6H3/t11-,12+,15?/m0/s1. The minimum atomic E-state index is 0.0881. The lowest BCUT2D eigenvalue weighted by atomic mass is 9.53. The molecule has 3 nitrogen and oxygen atoms in total. The molecule has 120 valence electrons.